The summed E-state index contributed by atoms with van der Waals surface area (Å²) in [6.07, 6.45) is 0. The number of hydrogen-bond acceptors (Lipinski definition) is 6. The monoisotopic (exact) mass is 314 g/mol. The highest BCUT2D eigenvalue weighted by atomic mass is 32.2. The molecule has 0 fully saturated rings. The summed E-state index contributed by atoms with van der Waals surface area (Å²) in [4.78, 5) is 9.33. The van der Waals surface area contributed by atoms with E-state index in [1.165, 1.54) is 0 Å². The number of hydrogen-bond donors (Lipinski definition) is 2. The van der Waals surface area contributed by atoms with Crippen LogP contribution in [-0.4, -0.2) is 21.3 Å². The topological polar surface area (TPSA) is 104 Å². The Morgan fingerprint density at radius 3 is 2.36 bits per heavy atom. The van der Waals surface area contributed by atoms with Crippen LogP contribution in [0.3, 0.4) is 0 Å². The molecule has 2 aromatic carbocycles. The van der Waals surface area contributed by atoms with Gasteiger partial charge in [-0.25, -0.2) is 9.19 Å². The molecule has 112 valence electrons. The molecule has 1 aromatic heterocycles. The number of aromatic nitrogens is 2. The zero-order valence-corrected chi connectivity index (χ0v) is 12.6. The fourth-order valence-corrected chi connectivity index (χ4v) is 3.17. The largest absolute Gasteiger partial charge is 0.497 e. The lowest BCUT2D eigenvalue weighted by Gasteiger charge is -2.07. The van der Waals surface area contributed by atoms with Crippen molar-refractivity contribution in [2.75, 3.05) is 18.6 Å². The van der Waals surface area contributed by atoms with Crippen molar-refractivity contribution < 1.29 is 8.95 Å². The van der Waals surface area contributed by atoms with Crippen molar-refractivity contribution in [3.05, 3.63) is 42.5 Å². The summed E-state index contributed by atoms with van der Waals surface area (Å²) in [5, 5.41) is 0.633. The molecule has 4 N–H and O–H groups in total. The van der Waals surface area contributed by atoms with Crippen LogP contribution in [0.15, 0.2) is 52.3 Å². The molecule has 3 rings (SSSR count). The van der Waals surface area contributed by atoms with Crippen LogP contribution in [0.25, 0.3) is 10.9 Å². The highest BCUT2D eigenvalue weighted by Crippen LogP contribution is 2.25. The van der Waals surface area contributed by atoms with Crippen molar-refractivity contribution >= 4 is 33.5 Å². The van der Waals surface area contributed by atoms with E-state index in [2.05, 4.69) is 9.97 Å². The number of fused-ring (bicyclic) bond motifs is 1. The quantitative estimate of drug-likeness (QED) is 0.766. The molecule has 0 bridgehead atoms. The lowest BCUT2D eigenvalue weighted by atomic mass is 10.2. The second-order valence-electron chi connectivity index (χ2n) is 4.59. The van der Waals surface area contributed by atoms with Gasteiger partial charge in [-0.1, -0.05) is 0 Å². The summed E-state index contributed by atoms with van der Waals surface area (Å²) in [5.41, 5.74) is 12.0. The van der Waals surface area contributed by atoms with E-state index in [1.807, 2.05) is 0 Å². The molecule has 1 atom stereocenters. The standard InChI is InChI=1S/C15H14N4O2S/c1-21-9-2-4-10(5-3-9)22(20)11-6-7-13-12(8-11)14(16)19-15(17)18-13/h2-8H,1H3,(H4,16,17,18,19)/t22-/m0/s1. The first-order valence-electron chi connectivity index (χ1n) is 6.47. The smallest absolute Gasteiger partial charge is 0.222 e. The van der Waals surface area contributed by atoms with Gasteiger partial charge in [-0.3, -0.25) is 0 Å². The maximum atomic E-state index is 12.6. The van der Waals surface area contributed by atoms with Crippen LogP contribution in [0, 0.1) is 0 Å². The van der Waals surface area contributed by atoms with Gasteiger partial charge in [-0.2, -0.15) is 4.98 Å². The van der Waals surface area contributed by atoms with Gasteiger partial charge in [0.2, 0.25) is 5.95 Å². The van der Waals surface area contributed by atoms with Crippen LogP contribution in [0.4, 0.5) is 11.8 Å². The number of anilines is 2. The van der Waals surface area contributed by atoms with Gasteiger partial charge in [-0.15, -0.1) is 0 Å². The van der Waals surface area contributed by atoms with Crippen LogP contribution < -0.4 is 16.2 Å². The second kappa shape index (κ2) is 5.61. The van der Waals surface area contributed by atoms with Crippen molar-refractivity contribution in [2.24, 2.45) is 0 Å². The molecule has 0 radical (unpaired) electrons. The number of benzene rings is 2. The Hall–Kier alpha value is -2.67. The van der Waals surface area contributed by atoms with Crippen molar-refractivity contribution in [1.82, 2.24) is 9.97 Å². The van der Waals surface area contributed by atoms with Gasteiger partial charge < -0.3 is 16.2 Å². The molecule has 0 aliphatic rings. The Labute approximate surface area is 129 Å². The molecule has 7 heteroatoms. The van der Waals surface area contributed by atoms with Crippen LogP contribution >= 0.6 is 0 Å². The Kier molecular flexibility index (Phi) is 3.64. The first-order valence-corrected chi connectivity index (χ1v) is 7.62. The Balaban J connectivity index is 2.03. The molecular weight excluding hydrogens is 300 g/mol. The van der Waals surface area contributed by atoms with Crippen LogP contribution in [0.1, 0.15) is 0 Å². The molecule has 0 saturated heterocycles. The molecule has 1 heterocycles. The molecular formula is C15H14N4O2S. The maximum absolute atomic E-state index is 12.6. The van der Waals surface area contributed by atoms with E-state index in [0.29, 0.717) is 26.4 Å². The maximum Gasteiger partial charge on any atom is 0.222 e. The van der Waals surface area contributed by atoms with Crippen LogP contribution in [0.2, 0.25) is 0 Å². The van der Waals surface area contributed by atoms with Gasteiger partial charge in [0, 0.05) is 15.2 Å². The summed E-state index contributed by atoms with van der Waals surface area (Å²) >= 11 is 0. The minimum atomic E-state index is -1.32. The predicted molar refractivity (Wildman–Crippen MR) is 86.0 cm³/mol. The van der Waals surface area contributed by atoms with Gasteiger partial charge in [0.05, 0.1) is 23.4 Å². The molecule has 0 saturated carbocycles. The number of methoxy groups -OCH3 is 1. The summed E-state index contributed by atoms with van der Waals surface area (Å²) in [7, 11) is 0.262. The molecule has 0 aliphatic carbocycles. The van der Waals surface area contributed by atoms with Crippen LogP contribution in [-0.2, 0) is 10.8 Å². The van der Waals surface area contributed by atoms with Gasteiger partial charge in [0.15, 0.2) is 0 Å². The van der Waals surface area contributed by atoms with E-state index in [1.54, 1.807) is 49.6 Å². The average molecular weight is 314 g/mol. The Morgan fingerprint density at radius 2 is 1.68 bits per heavy atom. The molecule has 0 spiro atoms. The van der Waals surface area contributed by atoms with Gasteiger partial charge in [0.1, 0.15) is 11.6 Å². The second-order valence-corrected chi connectivity index (χ2v) is 6.07. The fourth-order valence-electron chi connectivity index (χ4n) is 2.10. The third kappa shape index (κ3) is 2.58. The molecule has 0 aliphatic heterocycles. The fraction of sp³-hybridized carbons (Fsp3) is 0.0667. The molecule has 3 aromatic rings. The van der Waals surface area contributed by atoms with E-state index < -0.39 is 10.8 Å². The minimum Gasteiger partial charge on any atom is -0.497 e. The lowest BCUT2D eigenvalue weighted by molar-refractivity contribution is 0.414. The molecule has 0 amide bonds. The number of nitrogens with zero attached hydrogens (tertiary/aromatic N) is 2. The van der Waals surface area contributed by atoms with Crippen molar-refractivity contribution in [1.29, 1.82) is 0 Å². The van der Waals surface area contributed by atoms with E-state index in [-0.39, 0.29) is 11.8 Å². The average Bonchev–Trinajstić information content (AvgIpc) is 2.54. The minimum absolute atomic E-state index is 0.119. The zero-order valence-electron chi connectivity index (χ0n) is 11.8. The number of rotatable bonds is 3. The van der Waals surface area contributed by atoms with E-state index in [0.717, 1.165) is 0 Å². The highest BCUT2D eigenvalue weighted by Gasteiger charge is 2.11. The number of ether oxygens (including phenoxy) is 1. The summed E-state index contributed by atoms with van der Waals surface area (Å²) < 4.78 is 17.7. The molecule has 0 unspecified atom stereocenters. The molecule has 22 heavy (non-hydrogen) atoms. The lowest BCUT2D eigenvalue weighted by Crippen LogP contribution is -2.01. The SMILES string of the molecule is COc1ccc([S@](=O)c2ccc3nc(N)nc(N)c3c2)cc1. The van der Waals surface area contributed by atoms with Crippen molar-refractivity contribution in [2.45, 2.75) is 9.79 Å². The van der Waals surface area contributed by atoms with Gasteiger partial charge in [0.25, 0.3) is 0 Å². The van der Waals surface area contributed by atoms with E-state index in [4.69, 9.17) is 16.2 Å². The van der Waals surface area contributed by atoms with Crippen LogP contribution in [0.5, 0.6) is 5.75 Å². The Bertz CT molecular complexity index is 865. The Morgan fingerprint density at radius 1 is 1.00 bits per heavy atom. The number of nitrogens with two attached hydrogens (primary N) is 2. The summed E-state index contributed by atoms with van der Waals surface area (Å²) in [5.74, 6) is 1.11. The predicted octanol–water partition coefficient (Wildman–Crippen LogP) is 1.97. The summed E-state index contributed by atoms with van der Waals surface area (Å²) in [6.45, 7) is 0. The van der Waals surface area contributed by atoms with Crippen molar-refractivity contribution in [3.63, 3.8) is 0 Å². The third-order valence-corrected chi connectivity index (χ3v) is 4.58. The first kappa shape index (κ1) is 14.3. The van der Waals surface area contributed by atoms with E-state index >= 15 is 0 Å². The zero-order chi connectivity index (χ0) is 15.7. The number of nitrogen functional groups attached to an aromatic ring is 2. The van der Waals surface area contributed by atoms with Gasteiger partial charge in [-0.05, 0) is 42.5 Å². The first-order chi connectivity index (χ1) is 10.6. The highest BCUT2D eigenvalue weighted by molar-refractivity contribution is 7.85. The van der Waals surface area contributed by atoms with Crippen molar-refractivity contribution in [3.8, 4) is 5.75 Å². The molecule has 6 nitrogen and oxygen atoms in total. The normalized spacial score (nSPS) is 12.2. The summed E-state index contributed by atoms with van der Waals surface area (Å²) in [6, 6.07) is 12.3. The van der Waals surface area contributed by atoms with Gasteiger partial charge >= 0.3 is 0 Å². The van der Waals surface area contributed by atoms with E-state index in [9.17, 15) is 4.21 Å². The third-order valence-electron chi connectivity index (χ3n) is 3.20.